The zero-order chi connectivity index (χ0) is 10.1. The lowest BCUT2D eigenvalue weighted by atomic mass is 10.1. The van der Waals surface area contributed by atoms with Gasteiger partial charge in [0.1, 0.15) is 0 Å². The van der Waals surface area contributed by atoms with E-state index in [9.17, 15) is 0 Å². The maximum Gasteiger partial charge on any atom is 0.155 e. The maximum atomic E-state index is 4.47. The highest BCUT2D eigenvalue weighted by Crippen LogP contribution is 2.07. The first kappa shape index (κ1) is 9.19. The Morgan fingerprint density at radius 2 is 2.21 bits per heavy atom. The van der Waals surface area contributed by atoms with Crippen LogP contribution in [0, 0.1) is 12.8 Å². The maximum absolute atomic E-state index is 4.47. The van der Waals surface area contributed by atoms with Crippen molar-refractivity contribution in [2.45, 2.75) is 27.2 Å². The SMILES string of the molecule is Cc1ccn2nc(CC(C)C)nc2c1. The van der Waals surface area contributed by atoms with Gasteiger partial charge in [-0.3, -0.25) is 0 Å². The fourth-order valence-corrected chi connectivity index (χ4v) is 1.48. The summed E-state index contributed by atoms with van der Waals surface area (Å²) >= 11 is 0. The van der Waals surface area contributed by atoms with E-state index in [0.717, 1.165) is 17.9 Å². The van der Waals surface area contributed by atoms with Gasteiger partial charge in [0.2, 0.25) is 0 Å². The summed E-state index contributed by atoms with van der Waals surface area (Å²) in [5.41, 5.74) is 2.17. The predicted octanol–water partition coefficient (Wildman–Crippen LogP) is 2.24. The van der Waals surface area contributed by atoms with Gasteiger partial charge in [-0.1, -0.05) is 13.8 Å². The smallest absolute Gasteiger partial charge is 0.155 e. The van der Waals surface area contributed by atoms with Gasteiger partial charge in [-0.2, -0.15) is 5.10 Å². The molecule has 2 heterocycles. The minimum Gasteiger partial charge on any atom is -0.221 e. The number of hydrogen-bond acceptors (Lipinski definition) is 2. The second kappa shape index (κ2) is 3.40. The molecule has 0 aromatic carbocycles. The van der Waals surface area contributed by atoms with Crippen molar-refractivity contribution in [3.8, 4) is 0 Å². The number of nitrogens with zero attached hydrogens (tertiary/aromatic N) is 3. The van der Waals surface area contributed by atoms with Crippen molar-refractivity contribution in [1.82, 2.24) is 14.6 Å². The topological polar surface area (TPSA) is 30.2 Å². The van der Waals surface area contributed by atoms with Gasteiger partial charge in [-0.05, 0) is 30.5 Å². The Morgan fingerprint density at radius 1 is 1.43 bits per heavy atom. The lowest BCUT2D eigenvalue weighted by Gasteiger charge is -1.96. The molecule has 3 nitrogen and oxygen atoms in total. The van der Waals surface area contributed by atoms with E-state index in [1.54, 1.807) is 0 Å². The molecule has 0 fully saturated rings. The van der Waals surface area contributed by atoms with Crippen LogP contribution in [0.15, 0.2) is 18.3 Å². The second-order valence-electron chi connectivity index (χ2n) is 4.13. The zero-order valence-electron chi connectivity index (χ0n) is 8.86. The molecule has 0 N–H and O–H groups in total. The fraction of sp³-hybridized carbons (Fsp3) is 0.455. The number of fused-ring (bicyclic) bond motifs is 1. The highest BCUT2D eigenvalue weighted by atomic mass is 15.3. The normalized spacial score (nSPS) is 11.4. The molecule has 0 radical (unpaired) electrons. The standard InChI is InChI=1S/C11H15N3/c1-8(2)6-10-12-11-7-9(3)4-5-14(11)13-10/h4-5,7-8H,6H2,1-3H3. The van der Waals surface area contributed by atoms with E-state index in [4.69, 9.17) is 0 Å². The molecule has 0 saturated carbocycles. The molecule has 0 bridgehead atoms. The molecular formula is C11H15N3. The third-order valence-corrected chi connectivity index (χ3v) is 2.13. The molecule has 74 valence electrons. The molecule has 0 amide bonds. The molecule has 0 aliphatic carbocycles. The summed E-state index contributed by atoms with van der Waals surface area (Å²) in [6.07, 6.45) is 2.90. The largest absolute Gasteiger partial charge is 0.221 e. The van der Waals surface area contributed by atoms with Gasteiger partial charge in [0, 0.05) is 12.6 Å². The summed E-state index contributed by atoms with van der Waals surface area (Å²) in [7, 11) is 0. The van der Waals surface area contributed by atoms with Gasteiger partial charge in [0.15, 0.2) is 11.5 Å². The molecule has 0 atom stereocenters. The van der Waals surface area contributed by atoms with Crippen molar-refractivity contribution in [3.05, 3.63) is 29.7 Å². The van der Waals surface area contributed by atoms with Crippen LogP contribution in [0.5, 0.6) is 0 Å². The third-order valence-electron chi connectivity index (χ3n) is 2.13. The van der Waals surface area contributed by atoms with Crippen LogP contribution in [0.4, 0.5) is 0 Å². The number of rotatable bonds is 2. The minimum absolute atomic E-state index is 0.605. The van der Waals surface area contributed by atoms with Gasteiger partial charge >= 0.3 is 0 Å². The quantitative estimate of drug-likeness (QED) is 0.725. The summed E-state index contributed by atoms with van der Waals surface area (Å²) < 4.78 is 1.84. The van der Waals surface area contributed by atoms with Crippen LogP contribution in [0.3, 0.4) is 0 Å². The van der Waals surface area contributed by atoms with E-state index in [-0.39, 0.29) is 0 Å². The Hall–Kier alpha value is -1.38. The van der Waals surface area contributed by atoms with E-state index >= 15 is 0 Å². The second-order valence-corrected chi connectivity index (χ2v) is 4.13. The summed E-state index contributed by atoms with van der Waals surface area (Å²) in [6, 6.07) is 4.09. The van der Waals surface area contributed by atoms with Crippen molar-refractivity contribution in [3.63, 3.8) is 0 Å². The Morgan fingerprint density at radius 3 is 2.93 bits per heavy atom. The van der Waals surface area contributed by atoms with Crippen molar-refractivity contribution < 1.29 is 0 Å². The van der Waals surface area contributed by atoms with Gasteiger partial charge in [0.25, 0.3) is 0 Å². The van der Waals surface area contributed by atoms with E-state index in [1.807, 2.05) is 16.8 Å². The van der Waals surface area contributed by atoms with E-state index < -0.39 is 0 Å². The van der Waals surface area contributed by atoms with Crippen LogP contribution in [0.25, 0.3) is 5.65 Å². The summed E-state index contributed by atoms with van der Waals surface area (Å²) in [5, 5.41) is 4.40. The van der Waals surface area contributed by atoms with Crippen molar-refractivity contribution in [2.75, 3.05) is 0 Å². The summed E-state index contributed by atoms with van der Waals surface area (Å²) in [6.45, 7) is 6.42. The Balaban J connectivity index is 2.41. The van der Waals surface area contributed by atoms with Crippen LogP contribution in [-0.2, 0) is 6.42 Å². The first-order chi connectivity index (χ1) is 6.65. The Bertz CT molecular complexity index is 443. The van der Waals surface area contributed by atoms with Crippen LogP contribution >= 0.6 is 0 Å². The number of hydrogen-bond donors (Lipinski definition) is 0. The Labute approximate surface area is 83.8 Å². The van der Waals surface area contributed by atoms with Gasteiger partial charge in [-0.15, -0.1) is 0 Å². The molecule has 14 heavy (non-hydrogen) atoms. The van der Waals surface area contributed by atoms with Crippen molar-refractivity contribution >= 4 is 5.65 Å². The van der Waals surface area contributed by atoms with Crippen molar-refractivity contribution in [2.24, 2.45) is 5.92 Å². The van der Waals surface area contributed by atoms with Crippen LogP contribution in [-0.4, -0.2) is 14.6 Å². The first-order valence-electron chi connectivity index (χ1n) is 4.97. The molecular weight excluding hydrogens is 174 g/mol. The Kier molecular flexibility index (Phi) is 2.23. The summed E-state index contributed by atoms with van der Waals surface area (Å²) in [4.78, 5) is 4.47. The van der Waals surface area contributed by atoms with Crippen LogP contribution < -0.4 is 0 Å². The molecule has 2 aromatic rings. The lowest BCUT2D eigenvalue weighted by Crippen LogP contribution is -1.96. The average molecular weight is 189 g/mol. The molecule has 0 spiro atoms. The zero-order valence-corrected chi connectivity index (χ0v) is 8.86. The summed E-state index contributed by atoms with van der Waals surface area (Å²) in [5.74, 6) is 1.54. The number of pyridine rings is 1. The predicted molar refractivity (Wildman–Crippen MR) is 56.3 cm³/mol. The molecule has 2 aromatic heterocycles. The van der Waals surface area contributed by atoms with Crippen LogP contribution in [0.2, 0.25) is 0 Å². The van der Waals surface area contributed by atoms with Crippen molar-refractivity contribution in [1.29, 1.82) is 0 Å². The van der Waals surface area contributed by atoms with E-state index in [1.165, 1.54) is 5.56 Å². The molecule has 2 rings (SSSR count). The van der Waals surface area contributed by atoms with Gasteiger partial charge in [0.05, 0.1) is 0 Å². The fourth-order valence-electron chi connectivity index (χ4n) is 1.48. The highest BCUT2D eigenvalue weighted by Gasteiger charge is 2.05. The van der Waals surface area contributed by atoms with E-state index in [0.29, 0.717) is 5.92 Å². The minimum atomic E-state index is 0.605. The van der Waals surface area contributed by atoms with Crippen LogP contribution in [0.1, 0.15) is 25.2 Å². The highest BCUT2D eigenvalue weighted by molar-refractivity contribution is 5.39. The average Bonchev–Trinajstić information content (AvgIpc) is 2.44. The monoisotopic (exact) mass is 189 g/mol. The third kappa shape index (κ3) is 1.76. The molecule has 3 heteroatoms. The molecule has 0 unspecified atom stereocenters. The van der Waals surface area contributed by atoms with Gasteiger partial charge in [-0.25, -0.2) is 9.50 Å². The molecule has 0 aliphatic heterocycles. The molecule has 0 saturated heterocycles. The molecule has 0 aliphatic rings. The lowest BCUT2D eigenvalue weighted by molar-refractivity contribution is 0.620. The number of aryl methyl sites for hydroxylation is 1. The number of aromatic nitrogens is 3. The van der Waals surface area contributed by atoms with E-state index in [2.05, 4.69) is 36.9 Å². The first-order valence-corrected chi connectivity index (χ1v) is 4.97. The van der Waals surface area contributed by atoms with Gasteiger partial charge < -0.3 is 0 Å².